The molecule has 226 valence electrons. The number of fused-ring (bicyclic) bond motifs is 3. The number of hydrogen-bond acceptors (Lipinski definition) is 4. The molecule has 0 amide bonds. The van der Waals surface area contributed by atoms with Crippen LogP contribution in [0.4, 0.5) is 0 Å². The Labute approximate surface area is 264 Å². The summed E-state index contributed by atoms with van der Waals surface area (Å²) < 4.78 is 0. The second-order valence-corrected chi connectivity index (χ2v) is 12.8. The van der Waals surface area contributed by atoms with Crippen LogP contribution in [0.3, 0.4) is 0 Å². The van der Waals surface area contributed by atoms with Crippen LogP contribution < -0.4 is 0 Å². The predicted molar refractivity (Wildman–Crippen MR) is 180 cm³/mol. The first-order valence-corrected chi connectivity index (χ1v) is 15.7. The topological polar surface area (TPSA) is 40.6 Å². The summed E-state index contributed by atoms with van der Waals surface area (Å²) in [5.74, 6) is 2.14. The van der Waals surface area contributed by atoms with Crippen molar-refractivity contribution in [3.8, 4) is 22.3 Å². The van der Waals surface area contributed by atoms with Crippen LogP contribution in [-0.4, -0.2) is 60.6 Å². The van der Waals surface area contributed by atoms with Gasteiger partial charge in [-0.25, -0.2) is 0 Å². The summed E-state index contributed by atoms with van der Waals surface area (Å²) in [6.07, 6.45) is 8.11. The molecule has 6 rings (SSSR count). The van der Waals surface area contributed by atoms with Crippen molar-refractivity contribution in [2.75, 3.05) is 39.3 Å². The van der Waals surface area contributed by atoms with E-state index in [-0.39, 0.29) is 36.4 Å². The van der Waals surface area contributed by atoms with Gasteiger partial charge in [0.25, 0.3) is 0 Å². The SMILES string of the molecule is CC1CCN(CCCC(=O)c2ccc3c(c2)-c2ccc(C(=O)CCCN4CCC(C)CC4)c4cccc-3c24)CC1.Cl.Cl. The van der Waals surface area contributed by atoms with Crippen molar-refractivity contribution in [3.05, 3.63) is 59.7 Å². The molecule has 1 aliphatic carbocycles. The van der Waals surface area contributed by atoms with Crippen LogP contribution in [0.25, 0.3) is 33.0 Å². The highest BCUT2D eigenvalue weighted by Crippen LogP contribution is 2.48. The number of piperidine rings is 2. The number of hydrogen-bond donors (Lipinski definition) is 0. The third-order valence-electron chi connectivity index (χ3n) is 9.77. The molecule has 0 aromatic heterocycles. The van der Waals surface area contributed by atoms with Crippen LogP contribution in [0.15, 0.2) is 48.5 Å². The van der Waals surface area contributed by atoms with E-state index >= 15 is 0 Å². The Morgan fingerprint density at radius 2 is 1.21 bits per heavy atom. The average molecular weight is 610 g/mol. The first-order chi connectivity index (χ1) is 19.5. The Hall–Kier alpha value is -2.24. The van der Waals surface area contributed by atoms with Gasteiger partial charge in [0, 0.05) is 24.0 Å². The van der Waals surface area contributed by atoms with Crippen LogP contribution in [0.1, 0.15) is 85.9 Å². The zero-order valence-electron chi connectivity index (χ0n) is 25.2. The Bertz CT molecular complexity index is 1410. The summed E-state index contributed by atoms with van der Waals surface area (Å²) in [6, 6.07) is 16.7. The van der Waals surface area contributed by atoms with E-state index in [1.807, 2.05) is 12.1 Å². The molecule has 2 heterocycles. The minimum absolute atomic E-state index is 0. The molecule has 0 saturated carbocycles. The number of likely N-dealkylation sites (tertiary alicyclic amines) is 2. The zero-order chi connectivity index (χ0) is 27.6. The maximum Gasteiger partial charge on any atom is 0.163 e. The zero-order valence-corrected chi connectivity index (χ0v) is 26.8. The highest BCUT2D eigenvalue weighted by atomic mass is 35.5. The molecular weight excluding hydrogens is 563 g/mol. The summed E-state index contributed by atoms with van der Waals surface area (Å²) in [6.45, 7) is 11.4. The van der Waals surface area contributed by atoms with Gasteiger partial charge in [0.2, 0.25) is 0 Å². The summed E-state index contributed by atoms with van der Waals surface area (Å²) in [5, 5.41) is 2.21. The molecule has 0 atom stereocenters. The van der Waals surface area contributed by atoms with Gasteiger partial charge < -0.3 is 9.80 Å². The van der Waals surface area contributed by atoms with Crippen LogP contribution in [0.5, 0.6) is 0 Å². The average Bonchev–Trinajstić information content (AvgIpc) is 3.29. The molecular formula is C36H46Cl2N2O2. The highest BCUT2D eigenvalue weighted by Gasteiger charge is 2.25. The first kappa shape index (κ1) is 32.7. The normalized spacial score (nSPS) is 17.5. The largest absolute Gasteiger partial charge is 0.303 e. The third kappa shape index (κ3) is 6.94. The smallest absolute Gasteiger partial charge is 0.163 e. The molecule has 0 radical (unpaired) electrons. The van der Waals surface area contributed by atoms with Gasteiger partial charge in [-0.1, -0.05) is 56.3 Å². The summed E-state index contributed by atoms with van der Waals surface area (Å²) in [4.78, 5) is 31.6. The number of ketones is 2. The van der Waals surface area contributed by atoms with Crippen molar-refractivity contribution >= 4 is 47.2 Å². The number of carbonyl (C=O) groups excluding carboxylic acids is 2. The molecule has 3 aromatic rings. The number of benzene rings is 3. The molecule has 0 bridgehead atoms. The van der Waals surface area contributed by atoms with Crippen LogP contribution >= 0.6 is 24.8 Å². The molecule has 0 unspecified atom stereocenters. The fourth-order valence-electron chi connectivity index (χ4n) is 7.05. The second kappa shape index (κ2) is 14.5. The number of nitrogens with zero attached hydrogens (tertiary/aromatic N) is 2. The number of carbonyl (C=O) groups is 2. The van der Waals surface area contributed by atoms with Crippen LogP contribution in [-0.2, 0) is 0 Å². The maximum absolute atomic E-state index is 13.4. The molecule has 3 aliphatic rings. The standard InChI is InChI=1S/C36H44N2O2.2ClH/c1-25-14-20-37(21-15-25)18-4-8-34(39)27-10-11-28-30-6-3-7-31-29(12-13-32(36(30)31)33(28)24-27)35(40)9-5-19-38-22-16-26(2)17-23-38;;/h3,6-7,10-13,24-26H,4-5,8-9,14-23H2,1-2H3;2*1H. The van der Waals surface area contributed by atoms with E-state index in [1.165, 1.54) is 49.9 Å². The van der Waals surface area contributed by atoms with E-state index in [9.17, 15) is 9.59 Å². The van der Waals surface area contributed by atoms with Gasteiger partial charge in [-0.3, -0.25) is 9.59 Å². The molecule has 6 heteroatoms. The van der Waals surface area contributed by atoms with Gasteiger partial charge in [0.05, 0.1) is 0 Å². The van der Waals surface area contributed by atoms with E-state index < -0.39 is 0 Å². The molecule has 2 aliphatic heterocycles. The quantitative estimate of drug-likeness (QED) is 0.169. The van der Waals surface area contributed by atoms with E-state index in [1.54, 1.807) is 0 Å². The molecule has 42 heavy (non-hydrogen) atoms. The molecule has 2 saturated heterocycles. The Morgan fingerprint density at radius 1 is 0.667 bits per heavy atom. The summed E-state index contributed by atoms with van der Waals surface area (Å²) in [7, 11) is 0. The molecule has 2 fully saturated rings. The van der Waals surface area contributed by atoms with E-state index in [4.69, 9.17) is 0 Å². The lowest BCUT2D eigenvalue weighted by Crippen LogP contribution is -2.33. The third-order valence-corrected chi connectivity index (χ3v) is 9.77. The fourth-order valence-corrected chi connectivity index (χ4v) is 7.05. The van der Waals surface area contributed by atoms with Gasteiger partial charge in [-0.05, 0) is 129 Å². The lowest BCUT2D eigenvalue weighted by Gasteiger charge is -2.30. The van der Waals surface area contributed by atoms with Crippen molar-refractivity contribution in [1.29, 1.82) is 0 Å². The number of Topliss-reactive ketones (excluding diaryl/α,β-unsaturated/α-hetero) is 2. The van der Waals surface area contributed by atoms with Crippen molar-refractivity contribution in [2.45, 2.75) is 65.2 Å². The van der Waals surface area contributed by atoms with Gasteiger partial charge in [0.1, 0.15) is 0 Å². The van der Waals surface area contributed by atoms with E-state index in [2.05, 4.69) is 60.0 Å². The minimum atomic E-state index is 0. The molecule has 0 N–H and O–H groups in total. The van der Waals surface area contributed by atoms with Crippen molar-refractivity contribution in [2.24, 2.45) is 11.8 Å². The number of halogens is 2. The van der Waals surface area contributed by atoms with Crippen LogP contribution in [0, 0.1) is 11.8 Å². The Balaban J connectivity index is 0.00000202. The van der Waals surface area contributed by atoms with Gasteiger partial charge in [-0.15, -0.1) is 24.8 Å². The van der Waals surface area contributed by atoms with Crippen molar-refractivity contribution in [3.63, 3.8) is 0 Å². The van der Waals surface area contributed by atoms with Crippen molar-refractivity contribution in [1.82, 2.24) is 9.80 Å². The Kier molecular flexibility index (Phi) is 11.3. The maximum atomic E-state index is 13.4. The lowest BCUT2D eigenvalue weighted by atomic mass is 9.94. The minimum Gasteiger partial charge on any atom is -0.303 e. The van der Waals surface area contributed by atoms with E-state index in [0.29, 0.717) is 12.8 Å². The number of rotatable bonds is 10. The van der Waals surface area contributed by atoms with E-state index in [0.717, 1.165) is 83.9 Å². The van der Waals surface area contributed by atoms with Gasteiger partial charge in [0.15, 0.2) is 11.6 Å². The highest BCUT2D eigenvalue weighted by molar-refractivity contribution is 6.21. The summed E-state index contributed by atoms with van der Waals surface area (Å²) >= 11 is 0. The van der Waals surface area contributed by atoms with Crippen LogP contribution in [0.2, 0.25) is 0 Å². The molecule has 4 nitrogen and oxygen atoms in total. The fraction of sp³-hybridized carbons (Fsp3) is 0.500. The van der Waals surface area contributed by atoms with Gasteiger partial charge >= 0.3 is 0 Å². The summed E-state index contributed by atoms with van der Waals surface area (Å²) in [5.41, 5.74) is 6.27. The predicted octanol–water partition coefficient (Wildman–Crippen LogP) is 8.72. The molecule has 3 aromatic carbocycles. The lowest BCUT2D eigenvalue weighted by molar-refractivity contribution is 0.0964. The second-order valence-electron chi connectivity index (χ2n) is 12.8. The van der Waals surface area contributed by atoms with Crippen molar-refractivity contribution < 1.29 is 9.59 Å². The first-order valence-electron chi connectivity index (χ1n) is 15.7. The monoisotopic (exact) mass is 608 g/mol. The van der Waals surface area contributed by atoms with Gasteiger partial charge in [-0.2, -0.15) is 0 Å². The Morgan fingerprint density at radius 3 is 1.83 bits per heavy atom. The molecule has 0 spiro atoms.